The molecule has 1 aromatic heterocycles. The lowest BCUT2D eigenvalue weighted by atomic mass is 10.4. The van der Waals surface area contributed by atoms with E-state index >= 15 is 0 Å². The summed E-state index contributed by atoms with van der Waals surface area (Å²) in [6.45, 7) is 0. The molecule has 0 saturated carbocycles. The Kier molecular flexibility index (Phi) is 3.61. The molecule has 0 aliphatic rings. The van der Waals surface area contributed by atoms with Gasteiger partial charge in [0.1, 0.15) is 11.5 Å². The number of nitrogens with zero attached hydrogens (tertiary/aromatic N) is 2. The van der Waals surface area contributed by atoms with Gasteiger partial charge < -0.3 is 5.73 Å². The average molecular weight is 265 g/mol. The Labute approximate surface area is 108 Å². The van der Waals surface area contributed by atoms with E-state index in [-0.39, 0.29) is 5.84 Å². The fourth-order valence-electron chi connectivity index (χ4n) is 1.15. The number of nitrogen functional groups attached to an aromatic ring is 1. The minimum atomic E-state index is -0.0645. The lowest BCUT2D eigenvalue weighted by Gasteiger charge is -2.02. The van der Waals surface area contributed by atoms with Crippen LogP contribution in [0.1, 0.15) is 5.69 Å². The van der Waals surface area contributed by atoms with Gasteiger partial charge in [0.2, 0.25) is 0 Å². The Hall–Kier alpha value is -1.59. The first-order valence-corrected chi connectivity index (χ1v) is 5.95. The Morgan fingerprint density at radius 3 is 2.59 bits per heavy atom. The maximum atomic E-state index is 7.30. The SMILES string of the molecule is N=C(N)c1ccnc(Sc2ccc(Cl)cc2)n1. The molecule has 4 nitrogen and oxygen atoms in total. The zero-order chi connectivity index (χ0) is 12.3. The van der Waals surface area contributed by atoms with Gasteiger partial charge in [0.15, 0.2) is 5.16 Å². The number of nitrogens with two attached hydrogens (primary N) is 1. The fourth-order valence-corrected chi connectivity index (χ4v) is 2.01. The maximum Gasteiger partial charge on any atom is 0.193 e. The lowest BCUT2D eigenvalue weighted by Crippen LogP contribution is -2.13. The van der Waals surface area contributed by atoms with Crippen LogP contribution in [0.4, 0.5) is 0 Å². The van der Waals surface area contributed by atoms with Gasteiger partial charge in [0.25, 0.3) is 0 Å². The molecule has 0 unspecified atom stereocenters. The third-order valence-electron chi connectivity index (χ3n) is 1.93. The normalized spacial score (nSPS) is 10.2. The smallest absolute Gasteiger partial charge is 0.193 e. The van der Waals surface area contributed by atoms with Gasteiger partial charge in [-0.15, -0.1) is 0 Å². The Morgan fingerprint density at radius 1 is 1.24 bits per heavy atom. The number of nitrogens with one attached hydrogen (secondary N) is 1. The van der Waals surface area contributed by atoms with Gasteiger partial charge in [-0.3, -0.25) is 5.41 Å². The zero-order valence-corrected chi connectivity index (χ0v) is 10.3. The van der Waals surface area contributed by atoms with Crippen LogP contribution in [-0.2, 0) is 0 Å². The summed E-state index contributed by atoms with van der Waals surface area (Å²) in [4.78, 5) is 9.25. The summed E-state index contributed by atoms with van der Waals surface area (Å²) in [5.74, 6) is -0.0645. The van der Waals surface area contributed by atoms with E-state index in [4.69, 9.17) is 22.7 Å². The summed E-state index contributed by atoms with van der Waals surface area (Å²) < 4.78 is 0. The molecule has 0 bridgehead atoms. The summed E-state index contributed by atoms with van der Waals surface area (Å²) in [7, 11) is 0. The van der Waals surface area contributed by atoms with Crippen molar-refractivity contribution in [3.05, 3.63) is 47.2 Å². The Morgan fingerprint density at radius 2 is 1.94 bits per heavy atom. The number of aromatic nitrogens is 2. The van der Waals surface area contributed by atoms with Crippen molar-refractivity contribution >= 4 is 29.2 Å². The Balaban J connectivity index is 2.21. The van der Waals surface area contributed by atoms with E-state index in [0.717, 1.165) is 4.90 Å². The monoisotopic (exact) mass is 264 g/mol. The van der Waals surface area contributed by atoms with Crippen molar-refractivity contribution in [3.8, 4) is 0 Å². The second-order valence-electron chi connectivity index (χ2n) is 3.19. The van der Waals surface area contributed by atoms with Crippen molar-refractivity contribution in [2.24, 2.45) is 5.73 Å². The number of benzene rings is 1. The number of rotatable bonds is 3. The average Bonchev–Trinajstić information content (AvgIpc) is 2.32. The largest absolute Gasteiger partial charge is 0.382 e. The second kappa shape index (κ2) is 5.16. The van der Waals surface area contributed by atoms with Gasteiger partial charge in [0.05, 0.1) is 0 Å². The first-order valence-electron chi connectivity index (χ1n) is 4.76. The molecular weight excluding hydrogens is 256 g/mol. The van der Waals surface area contributed by atoms with Gasteiger partial charge >= 0.3 is 0 Å². The van der Waals surface area contributed by atoms with E-state index in [1.165, 1.54) is 11.8 Å². The highest BCUT2D eigenvalue weighted by Gasteiger charge is 2.03. The molecule has 0 amide bonds. The van der Waals surface area contributed by atoms with Crippen LogP contribution >= 0.6 is 23.4 Å². The molecule has 2 rings (SSSR count). The third kappa shape index (κ3) is 3.18. The summed E-state index contributed by atoms with van der Waals surface area (Å²) in [6.07, 6.45) is 1.59. The highest BCUT2D eigenvalue weighted by molar-refractivity contribution is 7.99. The molecular formula is C11H9ClN4S. The van der Waals surface area contributed by atoms with Crippen molar-refractivity contribution < 1.29 is 0 Å². The molecule has 0 spiro atoms. The quantitative estimate of drug-likeness (QED) is 0.508. The molecule has 17 heavy (non-hydrogen) atoms. The third-order valence-corrected chi connectivity index (χ3v) is 3.07. The molecule has 2 aromatic rings. The van der Waals surface area contributed by atoms with Crippen LogP contribution in [0.5, 0.6) is 0 Å². The van der Waals surface area contributed by atoms with Gasteiger partial charge in [-0.2, -0.15) is 0 Å². The number of hydrogen-bond donors (Lipinski definition) is 2. The molecule has 0 radical (unpaired) electrons. The van der Waals surface area contributed by atoms with Gasteiger partial charge in [-0.25, -0.2) is 9.97 Å². The van der Waals surface area contributed by atoms with E-state index < -0.39 is 0 Å². The van der Waals surface area contributed by atoms with Gasteiger partial charge in [0, 0.05) is 16.1 Å². The van der Waals surface area contributed by atoms with Crippen molar-refractivity contribution in [2.45, 2.75) is 10.1 Å². The van der Waals surface area contributed by atoms with E-state index in [2.05, 4.69) is 9.97 Å². The van der Waals surface area contributed by atoms with Crippen LogP contribution in [-0.4, -0.2) is 15.8 Å². The van der Waals surface area contributed by atoms with Crippen LogP contribution < -0.4 is 5.73 Å². The van der Waals surface area contributed by atoms with Gasteiger partial charge in [-0.05, 0) is 42.1 Å². The molecule has 3 N–H and O–H groups in total. The minimum absolute atomic E-state index is 0.0645. The standard InChI is InChI=1S/C11H9ClN4S/c12-7-1-3-8(4-2-7)17-11-15-6-5-9(16-11)10(13)14/h1-6H,(H3,13,14). The summed E-state index contributed by atoms with van der Waals surface area (Å²) in [5, 5.41) is 8.54. The maximum absolute atomic E-state index is 7.30. The van der Waals surface area contributed by atoms with E-state index in [9.17, 15) is 0 Å². The van der Waals surface area contributed by atoms with Crippen molar-refractivity contribution in [1.82, 2.24) is 9.97 Å². The molecule has 0 atom stereocenters. The topological polar surface area (TPSA) is 75.7 Å². The van der Waals surface area contributed by atoms with Gasteiger partial charge in [-0.1, -0.05) is 11.6 Å². The summed E-state index contributed by atoms with van der Waals surface area (Å²) in [5.41, 5.74) is 5.79. The molecule has 86 valence electrons. The summed E-state index contributed by atoms with van der Waals surface area (Å²) >= 11 is 7.19. The van der Waals surface area contributed by atoms with Crippen molar-refractivity contribution in [3.63, 3.8) is 0 Å². The Bertz CT molecular complexity index is 541. The van der Waals surface area contributed by atoms with Crippen LogP contribution in [0.2, 0.25) is 5.02 Å². The predicted octanol–water partition coefficient (Wildman–Crippen LogP) is 2.57. The van der Waals surface area contributed by atoms with Crippen LogP contribution in [0, 0.1) is 5.41 Å². The van der Waals surface area contributed by atoms with E-state index in [0.29, 0.717) is 15.9 Å². The van der Waals surface area contributed by atoms with Crippen LogP contribution in [0.15, 0.2) is 46.6 Å². The molecule has 0 fully saturated rings. The van der Waals surface area contributed by atoms with Crippen LogP contribution in [0.25, 0.3) is 0 Å². The fraction of sp³-hybridized carbons (Fsp3) is 0. The first kappa shape index (κ1) is 11.9. The number of amidine groups is 1. The van der Waals surface area contributed by atoms with E-state index in [1.54, 1.807) is 24.4 Å². The van der Waals surface area contributed by atoms with Crippen LogP contribution in [0.3, 0.4) is 0 Å². The zero-order valence-electron chi connectivity index (χ0n) is 8.72. The molecule has 6 heteroatoms. The summed E-state index contributed by atoms with van der Waals surface area (Å²) in [6, 6.07) is 8.99. The highest BCUT2D eigenvalue weighted by Crippen LogP contribution is 2.25. The first-order chi connectivity index (χ1) is 8.15. The lowest BCUT2D eigenvalue weighted by molar-refractivity contribution is 0.954. The highest BCUT2D eigenvalue weighted by atomic mass is 35.5. The minimum Gasteiger partial charge on any atom is -0.382 e. The number of halogens is 1. The van der Waals surface area contributed by atoms with E-state index in [1.807, 2.05) is 12.1 Å². The molecule has 1 heterocycles. The molecule has 0 saturated heterocycles. The second-order valence-corrected chi connectivity index (χ2v) is 4.67. The predicted molar refractivity (Wildman–Crippen MR) is 68.6 cm³/mol. The molecule has 0 aliphatic heterocycles. The van der Waals surface area contributed by atoms with Crippen molar-refractivity contribution in [1.29, 1.82) is 5.41 Å². The van der Waals surface area contributed by atoms with Crippen molar-refractivity contribution in [2.75, 3.05) is 0 Å². The molecule has 1 aromatic carbocycles. The molecule has 0 aliphatic carbocycles. The number of hydrogen-bond acceptors (Lipinski definition) is 4.